The third kappa shape index (κ3) is 4.54. The van der Waals surface area contributed by atoms with Gasteiger partial charge in [-0.05, 0) is 36.1 Å². The summed E-state index contributed by atoms with van der Waals surface area (Å²) in [6, 6.07) is 14.0. The summed E-state index contributed by atoms with van der Waals surface area (Å²) >= 11 is 0. The molecule has 0 saturated carbocycles. The Morgan fingerprint density at radius 1 is 1.29 bits per heavy atom. The summed E-state index contributed by atoms with van der Waals surface area (Å²) in [6.07, 6.45) is 4.10. The van der Waals surface area contributed by atoms with E-state index in [1.807, 2.05) is 18.2 Å². The molecule has 5 heteroatoms. The molecule has 2 aromatic rings. The summed E-state index contributed by atoms with van der Waals surface area (Å²) in [5.74, 6) is 0. The van der Waals surface area contributed by atoms with Crippen LogP contribution in [0.3, 0.4) is 0 Å². The van der Waals surface area contributed by atoms with E-state index >= 15 is 0 Å². The number of nitriles is 1. The molecule has 1 aromatic heterocycles. The Morgan fingerprint density at radius 2 is 2.21 bits per heavy atom. The molecule has 3 rings (SSSR count). The number of hydrogen-bond acceptors (Lipinski definition) is 5. The minimum Gasteiger partial charge on any atom is -0.379 e. The first-order chi connectivity index (χ1) is 11.8. The third-order valence-corrected chi connectivity index (χ3v) is 3.98. The van der Waals surface area contributed by atoms with Crippen LogP contribution < -0.4 is 5.32 Å². The van der Waals surface area contributed by atoms with Crippen LogP contribution in [0.4, 0.5) is 5.69 Å². The third-order valence-electron chi connectivity index (χ3n) is 3.98. The van der Waals surface area contributed by atoms with Gasteiger partial charge in [-0.25, -0.2) is 4.98 Å². The van der Waals surface area contributed by atoms with Crippen molar-refractivity contribution in [3.63, 3.8) is 0 Å². The number of pyridine rings is 1. The fraction of sp³-hybridized carbons (Fsp3) is 0.368. The molecule has 1 fully saturated rings. The van der Waals surface area contributed by atoms with Gasteiger partial charge in [0.05, 0.1) is 25.0 Å². The molecular formula is C19H21N3O2. The van der Waals surface area contributed by atoms with E-state index in [-0.39, 0.29) is 6.10 Å². The Hall–Kier alpha value is -2.42. The maximum Gasteiger partial charge on any atom is 0.163 e. The van der Waals surface area contributed by atoms with Gasteiger partial charge in [-0.15, -0.1) is 0 Å². The van der Waals surface area contributed by atoms with Crippen LogP contribution in [0.5, 0.6) is 0 Å². The first-order valence-corrected chi connectivity index (χ1v) is 8.21. The first kappa shape index (κ1) is 16.4. The monoisotopic (exact) mass is 323 g/mol. The van der Waals surface area contributed by atoms with Crippen LogP contribution in [-0.4, -0.2) is 24.3 Å². The maximum atomic E-state index is 9.07. The zero-order valence-corrected chi connectivity index (χ0v) is 13.6. The lowest BCUT2D eigenvalue weighted by Crippen LogP contribution is -2.13. The predicted molar refractivity (Wildman–Crippen MR) is 91.4 cm³/mol. The summed E-state index contributed by atoms with van der Waals surface area (Å²) in [4.78, 5) is 4.05. The zero-order valence-electron chi connectivity index (χ0n) is 13.6. The van der Waals surface area contributed by atoms with Crippen molar-refractivity contribution < 1.29 is 9.47 Å². The van der Waals surface area contributed by atoms with Crippen LogP contribution in [0.15, 0.2) is 42.6 Å². The Morgan fingerprint density at radius 3 is 3.04 bits per heavy atom. The highest BCUT2D eigenvalue weighted by Gasteiger charge is 2.15. The van der Waals surface area contributed by atoms with E-state index in [9.17, 15) is 0 Å². The Labute approximate surface area is 142 Å². The van der Waals surface area contributed by atoms with Gasteiger partial charge < -0.3 is 14.8 Å². The van der Waals surface area contributed by atoms with E-state index in [0.717, 1.165) is 36.3 Å². The van der Waals surface area contributed by atoms with Gasteiger partial charge in [0.25, 0.3) is 0 Å². The maximum absolute atomic E-state index is 9.07. The van der Waals surface area contributed by atoms with E-state index in [0.29, 0.717) is 25.5 Å². The van der Waals surface area contributed by atoms with Gasteiger partial charge in [-0.2, -0.15) is 5.26 Å². The lowest BCUT2D eigenvalue weighted by Gasteiger charge is -2.11. The quantitative estimate of drug-likeness (QED) is 0.847. The van der Waals surface area contributed by atoms with Gasteiger partial charge in [-0.3, -0.25) is 0 Å². The van der Waals surface area contributed by atoms with E-state index in [4.69, 9.17) is 14.7 Å². The number of benzene rings is 1. The molecule has 1 atom stereocenters. The van der Waals surface area contributed by atoms with Crippen LogP contribution in [0, 0.1) is 11.3 Å². The van der Waals surface area contributed by atoms with Crippen molar-refractivity contribution in [3.8, 4) is 6.07 Å². The minimum atomic E-state index is 0.254. The van der Waals surface area contributed by atoms with E-state index < -0.39 is 0 Å². The van der Waals surface area contributed by atoms with Gasteiger partial charge in [0.2, 0.25) is 0 Å². The van der Waals surface area contributed by atoms with Gasteiger partial charge in [0.1, 0.15) is 6.07 Å². The second-order valence-corrected chi connectivity index (χ2v) is 5.84. The summed E-state index contributed by atoms with van der Waals surface area (Å²) in [6.45, 7) is 2.74. The summed E-state index contributed by atoms with van der Waals surface area (Å²) in [7, 11) is 0. The second kappa shape index (κ2) is 8.44. The molecule has 1 aliphatic heterocycles. The standard InChI is InChI=1S/C19H21N3O2/c20-11-19-18(7-2-8-21-19)22-12-15-4-1-5-16(10-15)13-23-14-17-6-3-9-24-17/h1-2,4-5,7-8,10,17,22H,3,6,9,12-14H2. The van der Waals surface area contributed by atoms with Crippen LogP contribution in [0.2, 0.25) is 0 Å². The molecule has 1 aromatic carbocycles. The van der Waals surface area contributed by atoms with Crippen molar-refractivity contribution in [2.24, 2.45) is 0 Å². The largest absolute Gasteiger partial charge is 0.379 e. The SMILES string of the molecule is N#Cc1ncccc1NCc1cccc(COCC2CCCO2)c1. The zero-order chi connectivity index (χ0) is 16.6. The Bertz CT molecular complexity index is 706. The summed E-state index contributed by atoms with van der Waals surface area (Å²) < 4.78 is 11.3. The molecule has 24 heavy (non-hydrogen) atoms. The molecule has 0 bridgehead atoms. The summed E-state index contributed by atoms with van der Waals surface area (Å²) in [5, 5.41) is 12.3. The molecule has 124 valence electrons. The van der Waals surface area contributed by atoms with Crippen LogP contribution in [0.25, 0.3) is 0 Å². The van der Waals surface area contributed by atoms with Gasteiger partial charge in [0.15, 0.2) is 5.69 Å². The smallest absolute Gasteiger partial charge is 0.163 e. The highest BCUT2D eigenvalue weighted by Crippen LogP contribution is 2.15. The fourth-order valence-corrected chi connectivity index (χ4v) is 2.75. The molecule has 2 heterocycles. The lowest BCUT2D eigenvalue weighted by atomic mass is 10.1. The number of hydrogen-bond donors (Lipinski definition) is 1. The van der Waals surface area contributed by atoms with Gasteiger partial charge in [0, 0.05) is 19.3 Å². The minimum absolute atomic E-state index is 0.254. The van der Waals surface area contributed by atoms with E-state index in [2.05, 4.69) is 34.6 Å². The van der Waals surface area contributed by atoms with Crippen molar-refractivity contribution in [2.45, 2.75) is 32.1 Å². The van der Waals surface area contributed by atoms with Crippen molar-refractivity contribution in [2.75, 3.05) is 18.5 Å². The lowest BCUT2D eigenvalue weighted by molar-refractivity contribution is 0.0106. The van der Waals surface area contributed by atoms with E-state index in [1.54, 1.807) is 6.20 Å². The molecule has 1 aliphatic rings. The topological polar surface area (TPSA) is 67.2 Å². The molecule has 0 spiro atoms. The molecule has 0 amide bonds. The number of nitrogens with one attached hydrogen (secondary N) is 1. The molecule has 0 aliphatic carbocycles. The average Bonchev–Trinajstić information content (AvgIpc) is 3.14. The molecule has 0 radical (unpaired) electrons. The van der Waals surface area contributed by atoms with Crippen LogP contribution in [-0.2, 0) is 22.6 Å². The molecular weight excluding hydrogens is 302 g/mol. The van der Waals surface area contributed by atoms with E-state index in [1.165, 1.54) is 0 Å². The van der Waals surface area contributed by atoms with Crippen molar-refractivity contribution in [1.82, 2.24) is 4.98 Å². The van der Waals surface area contributed by atoms with Crippen molar-refractivity contribution >= 4 is 5.69 Å². The van der Waals surface area contributed by atoms with Crippen molar-refractivity contribution in [3.05, 3.63) is 59.4 Å². The van der Waals surface area contributed by atoms with Crippen molar-refractivity contribution in [1.29, 1.82) is 5.26 Å². The normalized spacial score (nSPS) is 16.7. The second-order valence-electron chi connectivity index (χ2n) is 5.84. The number of aromatic nitrogens is 1. The van der Waals surface area contributed by atoms with Crippen LogP contribution in [0.1, 0.15) is 29.7 Å². The predicted octanol–water partition coefficient (Wildman–Crippen LogP) is 3.26. The molecule has 1 N–H and O–H groups in total. The number of ether oxygens (including phenoxy) is 2. The fourth-order valence-electron chi connectivity index (χ4n) is 2.75. The van der Waals surface area contributed by atoms with Gasteiger partial charge in [-0.1, -0.05) is 24.3 Å². The number of anilines is 1. The van der Waals surface area contributed by atoms with Gasteiger partial charge >= 0.3 is 0 Å². The molecule has 5 nitrogen and oxygen atoms in total. The number of nitrogens with zero attached hydrogens (tertiary/aromatic N) is 2. The number of rotatable bonds is 7. The average molecular weight is 323 g/mol. The summed E-state index contributed by atoms with van der Waals surface area (Å²) in [5.41, 5.74) is 3.44. The molecule has 1 unspecified atom stereocenters. The highest BCUT2D eigenvalue weighted by molar-refractivity contribution is 5.53. The Balaban J connectivity index is 1.52. The van der Waals surface area contributed by atoms with Crippen LogP contribution >= 0.6 is 0 Å². The molecule has 1 saturated heterocycles. The first-order valence-electron chi connectivity index (χ1n) is 8.21. The highest BCUT2D eigenvalue weighted by atomic mass is 16.5. The Kier molecular flexibility index (Phi) is 5.78.